The molecule has 176 valence electrons. The first-order valence-electron chi connectivity index (χ1n) is 10.4. The highest BCUT2D eigenvalue weighted by atomic mass is 32.1. The lowest BCUT2D eigenvalue weighted by molar-refractivity contribution is -0.136. The average Bonchev–Trinajstić information content (AvgIpc) is 3.16. The van der Waals surface area contributed by atoms with Crippen molar-refractivity contribution in [3.05, 3.63) is 84.5 Å². The summed E-state index contributed by atoms with van der Waals surface area (Å²) in [4.78, 5) is 31.4. The van der Waals surface area contributed by atoms with Crippen molar-refractivity contribution in [3.8, 4) is 17.2 Å². The molecule has 0 radical (unpaired) electrons. The van der Waals surface area contributed by atoms with Crippen molar-refractivity contribution in [2.45, 2.75) is 13.0 Å². The molecule has 34 heavy (non-hydrogen) atoms. The highest BCUT2D eigenvalue weighted by Gasteiger charge is 2.32. The van der Waals surface area contributed by atoms with Crippen molar-refractivity contribution in [1.82, 2.24) is 4.57 Å². The molecule has 3 aromatic rings. The largest absolute Gasteiger partial charge is 0.493 e. The Balaban J connectivity index is 1.95. The molecule has 0 aliphatic carbocycles. The Kier molecular flexibility index (Phi) is 6.56. The molecule has 0 spiro atoms. The average molecular weight is 481 g/mol. The Hall–Kier alpha value is -3.85. The van der Waals surface area contributed by atoms with Crippen LogP contribution in [0.5, 0.6) is 17.2 Å². The van der Waals surface area contributed by atoms with Gasteiger partial charge in [0.25, 0.3) is 5.56 Å². The fourth-order valence-corrected chi connectivity index (χ4v) is 5.03. The van der Waals surface area contributed by atoms with E-state index in [1.165, 1.54) is 39.8 Å². The lowest BCUT2D eigenvalue weighted by Gasteiger charge is -2.24. The predicted octanol–water partition coefficient (Wildman–Crippen LogP) is 2.43. The van der Waals surface area contributed by atoms with Crippen molar-refractivity contribution >= 4 is 23.4 Å². The second-order valence-electron chi connectivity index (χ2n) is 7.44. The molecule has 1 aliphatic rings. The standard InChI is InChI=1S/C25H24N2O6S/c1-14-20(24(29)33-5)21(16-9-7-6-8-10-16)27-23(28)19(34-25(27)26-14)13-15-11-17(30-2)22(32-4)18(12-15)31-3/h6-13,21H,1-5H3. The lowest BCUT2D eigenvalue weighted by Crippen LogP contribution is -2.39. The molecule has 1 aromatic heterocycles. The van der Waals surface area contributed by atoms with Gasteiger partial charge < -0.3 is 18.9 Å². The van der Waals surface area contributed by atoms with Gasteiger partial charge in [0.2, 0.25) is 5.75 Å². The van der Waals surface area contributed by atoms with Crippen molar-refractivity contribution in [3.63, 3.8) is 0 Å². The third-order valence-electron chi connectivity index (χ3n) is 5.53. The van der Waals surface area contributed by atoms with E-state index in [1.54, 1.807) is 29.7 Å². The molecule has 0 saturated carbocycles. The number of methoxy groups -OCH3 is 4. The number of ether oxygens (including phenoxy) is 4. The summed E-state index contributed by atoms with van der Waals surface area (Å²) < 4.78 is 23.3. The molecule has 0 saturated heterocycles. The maximum absolute atomic E-state index is 13.6. The quantitative estimate of drug-likeness (QED) is 0.504. The summed E-state index contributed by atoms with van der Waals surface area (Å²) in [5.41, 5.74) is 2.07. The number of aromatic nitrogens is 1. The van der Waals surface area contributed by atoms with E-state index >= 15 is 0 Å². The van der Waals surface area contributed by atoms with Gasteiger partial charge in [-0.3, -0.25) is 9.36 Å². The second-order valence-corrected chi connectivity index (χ2v) is 8.45. The Morgan fingerprint density at radius 2 is 1.68 bits per heavy atom. The van der Waals surface area contributed by atoms with E-state index in [0.717, 1.165) is 5.56 Å². The Labute approximate surface area is 200 Å². The van der Waals surface area contributed by atoms with Gasteiger partial charge in [0.05, 0.1) is 50.3 Å². The molecule has 0 bridgehead atoms. The van der Waals surface area contributed by atoms with Crippen LogP contribution in [-0.4, -0.2) is 39.0 Å². The van der Waals surface area contributed by atoms with Crippen LogP contribution in [0.4, 0.5) is 0 Å². The molecule has 9 heteroatoms. The summed E-state index contributed by atoms with van der Waals surface area (Å²) in [6, 6.07) is 12.2. The molecule has 1 unspecified atom stereocenters. The summed E-state index contributed by atoms with van der Waals surface area (Å²) in [6.45, 7) is 1.75. The summed E-state index contributed by atoms with van der Waals surface area (Å²) in [5.74, 6) is 0.902. The van der Waals surface area contributed by atoms with Crippen LogP contribution >= 0.6 is 11.3 Å². The van der Waals surface area contributed by atoms with Crippen LogP contribution in [0.1, 0.15) is 24.1 Å². The highest BCUT2D eigenvalue weighted by molar-refractivity contribution is 7.07. The van der Waals surface area contributed by atoms with Crippen LogP contribution in [0.3, 0.4) is 0 Å². The van der Waals surface area contributed by atoms with E-state index < -0.39 is 12.0 Å². The molecule has 0 N–H and O–H groups in total. The first-order chi connectivity index (χ1) is 16.4. The number of carbonyl (C=O) groups excluding carboxylic acids is 1. The predicted molar refractivity (Wildman–Crippen MR) is 128 cm³/mol. The molecule has 1 aliphatic heterocycles. The summed E-state index contributed by atoms with van der Waals surface area (Å²) in [5, 5.41) is 0. The third kappa shape index (κ3) is 3.99. The van der Waals surface area contributed by atoms with E-state index in [0.29, 0.717) is 43.4 Å². The molecule has 4 rings (SSSR count). The fraction of sp³-hybridized carbons (Fsp3) is 0.240. The summed E-state index contributed by atoms with van der Waals surface area (Å²) in [6.07, 6.45) is 1.74. The zero-order chi connectivity index (χ0) is 24.4. The topological polar surface area (TPSA) is 88.4 Å². The molecule has 0 amide bonds. The van der Waals surface area contributed by atoms with Crippen molar-refractivity contribution in [2.75, 3.05) is 28.4 Å². The molecule has 2 heterocycles. The minimum Gasteiger partial charge on any atom is -0.493 e. The van der Waals surface area contributed by atoms with Crippen molar-refractivity contribution in [2.24, 2.45) is 4.99 Å². The van der Waals surface area contributed by atoms with Crippen LogP contribution < -0.4 is 29.1 Å². The number of benzene rings is 2. The van der Waals surface area contributed by atoms with Gasteiger partial charge in [-0.2, -0.15) is 0 Å². The fourth-order valence-electron chi connectivity index (χ4n) is 3.98. The van der Waals surface area contributed by atoms with Gasteiger partial charge in [0, 0.05) is 0 Å². The number of thiazole rings is 1. The van der Waals surface area contributed by atoms with Crippen LogP contribution in [0.15, 0.2) is 63.5 Å². The second kappa shape index (κ2) is 9.56. The highest BCUT2D eigenvalue weighted by Crippen LogP contribution is 2.38. The number of hydrogen-bond acceptors (Lipinski definition) is 8. The van der Waals surface area contributed by atoms with Crippen molar-refractivity contribution in [1.29, 1.82) is 0 Å². The first-order valence-corrected chi connectivity index (χ1v) is 11.2. The van der Waals surface area contributed by atoms with E-state index in [4.69, 9.17) is 18.9 Å². The normalized spacial score (nSPS) is 15.4. The summed E-state index contributed by atoms with van der Waals surface area (Å²) >= 11 is 1.25. The van der Waals surface area contributed by atoms with Crippen molar-refractivity contribution < 1.29 is 23.7 Å². The van der Waals surface area contributed by atoms with Gasteiger partial charge in [-0.15, -0.1) is 0 Å². The lowest BCUT2D eigenvalue weighted by atomic mass is 9.96. The number of fused-ring (bicyclic) bond motifs is 1. The zero-order valence-electron chi connectivity index (χ0n) is 19.4. The minimum atomic E-state index is -0.646. The number of esters is 1. The van der Waals surface area contributed by atoms with Crippen LogP contribution in [0, 0.1) is 0 Å². The molecule has 8 nitrogen and oxygen atoms in total. The van der Waals surface area contributed by atoms with Gasteiger partial charge >= 0.3 is 5.97 Å². The number of carbonyl (C=O) groups is 1. The molecule has 0 fully saturated rings. The molecular formula is C25H24N2O6S. The number of rotatable bonds is 6. The number of allylic oxidation sites excluding steroid dienone is 1. The molecule has 2 aromatic carbocycles. The minimum absolute atomic E-state index is 0.264. The monoisotopic (exact) mass is 480 g/mol. The zero-order valence-corrected chi connectivity index (χ0v) is 20.3. The Morgan fingerprint density at radius 1 is 1.03 bits per heavy atom. The van der Waals surface area contributed by atoms with E-state index in [-0.39, 0.29) is 5.56 Å². The maximum Gasteiger partial charge on any atom is 0.338 e. The first kappa shape index (κ1) is 23.3. The van der Waals surface area contributed by atoms with Crippen LogP contribution in [-0.2, 0) is 9.53 Å². The van der Waals surface area contributed by atoms with Gasteiger partial charge in [-0.05, 0) is 36.3 Å². The Morgan fingerprint density at radius 3 is 2.24 bits per heavy atom. The van der Waals surface area contributed by atoms with E-state index in [2.05, 4.69) is 4.99 Å². The number of hydrogen-bond donors (Lipinski definition) is 0. The van der Waals surface area contributed by atoms with Gasteiger partial charge in [0.15, 0.2) is 16.3 Å². The third-order valence-corrected chi connectivity index (χ3v) is 6.51. The summed E-state index contributed by atoms with van der Waals surface area (Å²) in [7, 11) is 5.92. The van der Waals surface area contributed by atoms with Gasteiger partial charge in [-0.25, -0.2) is 9.79 Å². The SMILES string of the molecule is COC(=O)C1=C(C)N=c2sc(=Cc3cc(OC)c(OC)c(OC)c3)c(=O)n2C1c1ccccc1. The van der Waals surface area contributed by atoms with E-state index in [9.17, 15) is 9.59 Å². The Bertz CT molecular complexity index is 1430. The van der Waals surface area contributed by atoms with Gasteiger partial charge in [-0.1, -0.05) is 41.7 Å². The van der Waals surface area contributed by atoms with E-state index in [1.807, 2.05) is 30.3 Å². The number of nitrogens with zero attached hydrogens (tertiary/aromatic N) is 2. The molecule has 1 atom stereocenters. The van der Waals surface area contributed by atoms with Crippen LogP contribution in [0.2, 0.25) is 0 Å². The smallest absolute Gasteiger partial charge is 0.338 e. The van der Waals surface area contributed by atoms with Gasteiger partial charge in [0.1, 0.15) is 0 Å². The van der Waals surface area contributed by atoms with Crippen LogP contribution in [0.25, 0.3) is 6.08 Å². The maximum atomic E-state index is 13.6. The molecular weight excluding hydrogens is 456 g/mol.